The molecule has 2 heterocycles. The zero-order valence-electron chi connectivity index (χ0n) is 9.18. The molecule has 0 aliphatic carbocycles. The van der Waals surface area contributed by atoms with Crippen molar-refractivity contribution in [2.45, 2.75) is 31.8 Å². The third-order valence-corrected chi connectivity index (χ3v) is 4.52. The minimum Gasteiger partial charge on any atom is -0.373 e. The molecular formula is C10H19NO3S. The average Bonchev–Trinajstić information content (AvgIpc) is 2.97. The molecule has 0 saturated carbocycles. The maximum Gasteiger partial charge on any atom is 0.211 e. The maximum atomic E-state index is 11.4. The van der Waals surface area contributed by atoms with E-state index in [9.17, 15) is 8.42 Å². The molecule has 2 aliphatic heterocycles. The largest absolute Gasteiger partial charge is 0.373 e. The average molecular weight is 233 g/mol. The minimum absolute atomic E-state index is 0.471. The summed E-state index contributed by atoms with van der Waals surface area (Å²) in [5.74, 6) is 0.540. The molecule has 4 nitrogen and oxygen atoms in total. The number of piperidine rings is 1. The molecule has 0 N–H and O–H groups in total. The van der Waals surface area contributed by atoms with Crippen LogP contribution in [-0.4, -0.2) is 44.8 Å². The maximum absolute atomic E-state index is 11.4. The van der Waals surface area contributed by atoms with Gasteiger partial charge in [0.1, 0.15) is 0 Å². The van der Waals surface area contributed by atoms with E-state index in [4.69, 9.17) is 4.74 Å². The highest BCUT2D eigenvalue weighted by Crippen LogP contribution is 2.26. The van der Waals surface area contributed by atoms with Crippen LogP contribution in [0.2, 0.25) is 0 Å². The van der Waals surface area contributed by atoms with E-state index in [1.165, 1.54) is 12.7 Å². The molecule has 0 radical (unpaired) electrons. The number of hydrogen-bond acceptors (Lipinski definition) is 3. The number of hydrogen-bond donors (Lipinski definition) is 0. The SMILES string of the molecule is CS(=O)(=O)N1CCCC(CCC2CO2)C1. The van der Waals surface area contributed by atoms with Gasteiger partial charge in [-0.15, -0.1) is 0 Å². The van der Waals surface area contributed by atoms with Gasteiger partial charge in [0.15, 0.2) is 0 Å². The van der Waals surface area contributed by atoms with Crippen molar-refractivity contribution in [2.75, 3.05) is 26.0 Å². The van der Waals surface area contributed by atoms with Gasteiger partial charge in [0, 0.05) is 13.1 Å². The van der Waals surface area contributed by atoms with Gasteiger partial charge in [0.25, 0.3) is 0 Å². The van der Waals surface area contributed by atoms with Gasteiger partial charge in [-0.1, -0.05) is 0 Å². The second-order valence-electron chi connectivity index (χ2n) is 4.66. The summed E-state index contributed by atoms with van der Waals surface area (Å²) in [6, 6.07) is 0. The predicted octanol–water partition coefficient (Wildman–Crippen LogP) is 0.837. The molecule has 0 spiro atoms. The molecule has 2 saturated heterocycles. The molecule has 5 heteroatoms. The predicted molar refractivity (Wildman–Crippen MR) is 58.1 cm³/mol. The number of nitrogens with zero attached hydrogens (tertiary/aromatic N) is 1. The molecule has 0 bridgehead atoms. The third kappa shape index (κ3) is 3.43. The van der Waals surface area contributed by atoms with Gasteiger partial charge in [0.2, 0.25) is 10.0 Å². The molecule has 2 atom stereocenters. The first kappa shape index (κ1) is 11.4. The molecule has 15 heavy (non-hydrogen) atoms. The summed E-state index contributed by atoms with van der Waals surface area (Å²) in [4.78, 5) is 0. The molecule has 0 aromatic carbocycles. The topological polar surface area (TPSA) is 49.9 Å². The molecule has 0 amide bonds. The van der Waals surface area contributed by atoms with Gasteiger partial charge in [-0.25, -0.2) is 12.7 Å². The third-order valence-electron chi connectivity index (χ3n) is 3.25. The standard InChI is InChI=1S/C10H19NO3S/c1-15(12,13)11-6-2-3-9(7-11)4-5-10-8-14-10/h9-10H,2-8H2,1H3. The van der Waals surface area contributed by atoms with E-state index >= 15 is 0 Å². The lowest BCUT2D eigenvalue weighted by molar-refractivity contribution is 0.246. The highest BCUT2D eigenvalue weighted by Gasteiger charge is 2.28. The number of epoxide rings is 1. The Kier molecular flexibility index (Phi) is 3.33. The molecule has 0 aromatic rings. The van der Waals surface area contributed by atoms with Crippen molar-refractivity contribution in [3.8, 4) is 0 Å². The van der Waals surface area contributed by atoms with E-state index in [0.717, 1.165) is 25.9 Å². The summed E-state index contributed by atoms with van der Waals surface area (Å²) in [5.41, 5.74) is 0. The molecule has 2 aliphatic rings. The fourth-order valence-electron chi connectivity index (χ4n) is 2.22. The quantitative estimate of drug-likeness (QED) is 0.676. The number of ether oxygens (including phenoxy) is 1. The Labute approximate surface area is 91.6 Å². The Bertz CT molecular complexity index is 311. The summed E-state index contributed by atoms with van der Waals surface area (Å²) in [6.07, 6.45) is 6.15. The van der Waals surface area contributed by atoms with Crippen LogP contribution in [0.15, 0.2) is 0 Å². The van der Waals surface area contributed by atoms with Crippen LogP contribution >= 0.6 is 0 Å². The Morgan fingerprint density at radius 1 is 1.40 bits per heavy atom. The van der Waals surface area contributed by atoms with Crippen molar-refractivity contribution in [1.82, 2.24) is 4.31 Å². The van der Waals surface area contributed by atoms with Crippen LogP contribution < -0.4 is 0 Å². The lowest BCUT2D eigenvalue weighted by Gasteiger charge is -2.30. The van der Waals surface area contributed by atoms with Crippen LogP contribution in [-0.2, 0) is 14.8 Å². The molecule has 2 fully saturated rings. The van der Waals surface area contributed by atoms with Crippen molar-refractivity contribution in [3.63, 3.8) is 0 Å². The van der Waals surface area contributed by atoms with Crippen molar-refractivity contribution < 1.29 is 13.2 Å². The van der Waals surface area contributed by atoms with Gasteiger partial charge in [-0.3, -0.25) is 0 Å². The zero-order valence-corrected chi connectivity index (χ0v) is 10.0. The monoisotopic (exact) mass is 233 g/mol. The van der Waals surface area contributed by atoms with E-state index in [1.807, 2.05) is 0 Å². The first-order valence-electron chi connectivity index (χ1n) is 5.62. The Hall–Kier alpha value is -0.130. The Morgan fingerprint density at radius 3 is 2.73 bits per heavy atom. The second kappa shape index (κ2) is 4.39. The van der Waals surface area contributed by atoms with Gasteiger partial charge in [-0.05, 0) is 31.6 Å². The summed E-state index contributed by atoms with van der Waals surface area (Å²) in [6.45, 7) is 2.32. The Morgan fingerprint density at radius 2 is 2.13 bits per heavy atom. The summed E-state index contributed by atoms with van der Waals surface area (Å²) < 4.78 is 29.5. The van der Waals surface area contributed by atoms with Crippen LogP contribution in [0.5, 0.6) is 0 Å². The van der Waals surface area contributed by atoms with Crippen LogP contribution in [0.1, 0.15) is 25.7 Å². The highest BCUT2D eigenvalue weighted by atomic mass is 32.2. The fourth-order valence-corrected chi connectivity index (χ4v) is 3.16. The normalized spacial score (nSPS) is 32.9. The van der Waals surface area contributed by atoms with Crippen LogP contribution in [0.3, 0.4) is 0 Å². The van der Waals surface area contributed by atoms with E-state index in [1.54, 1.807) is 4.31 Å². The first-order chi connectivity index (χ1) is 7.05. The van der Waals surface area contributed by atoms with E-state index in [0.29, 0.717) is 25.1 Å². The smallest absolute Gasteiger partial charge is 0.211 e. The van der Waals surface area contributed by atoms with Gasteiger partial charge < -0.3 is 4.74 Å². The second-order valence-corrected chi connectivity index (χ2v) is 6.64. The van der Waals surface area contributed by atoms with E-state index in [2.05, 4.69) is 0 Å². The van der Waals surface area contributed by atoms with Crippen LogP contribution in [0, 0.1) is 5.92 Å². The van der Waals surface area contributed by atoms with E-state index < -0.39 is 10.0 Å². The van der Waals surface area contributed by atoms with Gasteiger partial charge in [-0.2, -0.15) is 0 Å². The molecule has 2 rings (SSSR count). The van der Waals surface area contributed by atoms with Crippen molar-refractivity contribution in [1.29, 1.82) is 0 Å². The van der Waals surface area contributed by atoms with E-state index in [-0.39, 0.29) is 0 Å². The molecule has 88 valence electrons. The van der Waals surface area contributed by atoms with Crippen LogP contribution in [0.4, 0.5) is 0 Å². The van der Waals surface area contributed by atoms with Crippen molar-refractivity contribution >= 4 is 10.0 Å². The number of sulfonamides is 1. The van der Waals surface area contributed by atoms with Gasteiger partial charge >= 0.3 is 0 Å². The van der Waals surface area contributed by atoms with Crippen molar-refractivity contribution in [2.24, 2.45) is 5.92 Å². The summed E-state index contributed by atoms with van der Waals surface area (Å²) in [7, 11) is -2.98. The molecular weight excluding hydrogens is 214 g/mol. The fraction of sp³-hybridized carbons (Fsp3) is 1.00. The summed E-state index contributed by atoms with van der Waals surface area (Å²) >= 11 is 0. The first-order valence-corrected chi connectivity index (χ1v) is 7.47. The van der Waals surface area contributed by atoms with Gasteiger partial charge in [0.05, 0.1) is 19.0 Å². The summed E-state index contributed by atoms with van der Waals surface area (Å²) in [5, 5.41) is 0. The minimum atomic E-state index is -2.98. The zero-order chi connectivity index (χ0) is 10.9. The number of rotatable bonds is 4. The molecule has 2 unspecified atom stereocenters. The Balaban J connectivity index is 1.80. The molecule has 0 aromatic heterocycles. The highest BCUT2D eigenvalue weighted by molar-refractivity contribution is 7.88. The van der Waals surface area contributed by atoms with Crippen molar-refractivity contribution in [3.05, 3.63) is 0 Å². The lowest BCUT2D eigenvalue weighted by atomic mass is 9.94. The lowest BCUT2D eigenvalue weighted by Crippen LogP contribution is -2.39. The van der Waals surface area contributed by atoms with Crippen LogP contribution in [0.25, 0.3) is 0 Å².